The molecule has 0 atom stereocenters. The summed E-state index contributed by atoms with van der Waals surface area (Å²) in [5, 5.41) is 2.54. The molecule has 1 aliphatic rings. The maximum Gasteiger partial charge on any atom is 0.210 e. The first kappa shape index (κ1) is 14.6. The highest BCUT2D eigenvalue weighted by molar-refractivity contribution is 5.93. The second kappa shape index (κ2) is 6.60. The molecule has 0 heterocycles. The van der Waals surface area contributed by atoms with Gasteiger partial charge in [0.2, 0.25) is 5.96 Å². The van der Waals surface area contributed by atoms with Gasteiger partial charge in [-0.1, -0.05) is 19.3 Å². The summed E-state index contributed by atoms with van der Waals surface area (Å²) < 4.78 is 39.5. The van der Waals surface area contributed by atoms with E-state index in [1.54, 1.807) is 0 Å². The molecule has 0 radical (unpaired) electrons. The van der Waals surface area contributed by atoms with E-state index in [0.717, 1.165) is 37.8 Å². The standard InChI is InChI=1S/C13H17F3N4/c14-9-6-7-10(12(16)11(9)15)19-13(20-17)18-8-4-2-1-3-5-8/h6-8H,1-5,17H2,(H2,18,19,20). The second-order valence-electron chi connectivity index (χ2n) is 4.76. The molecule has 0 spiro atoms. The molecule has 0 saturated heterocycles. The smallest absolute Gasteiger partial charge is 0.210 e. The molecular weight excluding hydrogens is 269 g/mol. The zero-order valence-corrected chi connectivity index (χ0v) is 10.9. The number of nitrogens with zero attached hydrogens (tertiary/aromatic N) is 1. The van der Waals surface area contributed by atoms with Crippen molar-refractivity contribution in [2.75, 3.05) is 5.32 Å². The Balaban J connectivity index is 2.13. The van der Waals surface area contributed by atoms with Crippen LogP contribution >= 0.6 is 0 Å². The zero-order valence-electron chi connectivity index (χ0n) is 10.9. The Bertz CT molecular complexity index is 499. The summed E-state index contributed by atoms with van der Waals surface area (Å²) in [5.41, 5.74) is 2.10. The van der Waals surface area contributed by atoms with Crippen LogP contribution < -0.4 is 16.6 Å². The number of guanidine groups is 1. The molecule has 0 aromatic heterocycles. The van der Waals surface area contributed by atoms with Gasteiger partial charge in [0.1, 0.15) is 0 Å². The van der Waals surface area contributed by atoms with Crippen LogP contribution in [0.25, 0.3) is 0 Å². The minimum absolute atomic E-state index is 0.107. The van der Waals surface area contributed by atoms with Crippen molar-refractivity contribution in [3.63, 3.8) is 0 Å². The molecule has 7 heteroatoms. The third-order valence-electron chi connectivity index (χ3n) is 3.31. The van der Waals surface area contributed by atoms with Gasteiger partial charge in [0, 0.05) is 0 Å². The van der Waals surface area contributed by atoms with Crippen molar-refractivity contribution in [3.05, 3.63) is 29.6 Å². The van der Waals surface area contributed by atoms with Gasteiger partial charge in [-0.2, -0.15) is 0 Å². The number of aliphatic imine (C=N–C) groups is 1. The molecule has 1 aromatic carbocycles. The van der Waals surface area contributed by atoms with Crippen LogP contribution in [-0.4, -0.2) is 12.0 Å². The molecular formula is C13H17F3N4. The number of anilines is 1. The molecule has 0 amide bonds. The van der Waals surface area contributed by atoms with Crippen molar-refractivity contribution >= 4 is 11.6 Å². The average Bonchev–Trinajstić information content (AvgIpc) is 2.48. The molecule has 1 aliphatic carbocycles. The predicted molar refractivity (Wildman–Crippen MR) is 71.6 cm³/mol. The number of nitrogens with two attached hydrogens (primary N) is 1. The Hall–Kier alpha value is -1.76. The van der Waals surface area contributed by atoms with E-state index in [9.17, 15) is 13.2 Å². The Morgan fingerprint density at radius 1 is 1.10 bits per heavy atom. The fourth-order valence-corrected chi connectivity index (χ4v) is 2.25. The Kier molecular flexibility index (Phi) is 4.84. The van der Waals surface area contributed by atoms with Crippen molar-refractivity contribution in [3.8, 4) is 0 Å². The number of hydrogen-bond donors (Lipinski definition) is 3. The first-order valence-corrected chi connectivity index (χ1v) is 6.56. The maximum absolute atomic E-state index is 13.5. The Morgan fingerprint density at radius 3 is 2.45 bits per heavy atom. The number of halogens is 3. The first-order chi connectivity index (χ1) is 9.61. The normalized spacial score (nSPS) is 17.1. The van der Waals surface area contributed by atoms with E-state index in [1.807, 2.05) is 0 Å². The lowest BCUT2D eigenvalue weighted by Gasteiger charge is -2.19. The summed E-state index contributed by atoms with van der Waals surface area (Å²) in [6, 6.07) is 2.05. The lowest BCUT2D eigenvalue weighted by Crippen LogP contribution is -2.37. The quantitative estimate of drug-likeness (QED) is 0.257. The van der Waals surface area contributed by atoms with Crippen molar-refractivity contribution in [1.82, 2.24) is 5.43 Å². The van der Waals surface area contributed by atoms with Gasteiger partial charge >= 0.3 is 0 Å². The third-order valence-corrected chi connectivity index (χ3v) is 3.31. The monoisotopic (exact) mass is 286 g/mol. The van der Waals surface area contributed by atoms with Gasteiger partial charge in [0.25, 0.3) is 0 Å². The molecule has 1 fully saturated rings. The summed E-state index contributed by atoms with van der Waals surface area (Å²) in [5.74, 6) is 1.41. The van der Waals surface area contributed by atoms with E-state index in [1.165, 1.54) is 6.42 Å². The average molecular weight is 286 g/mol. The highest BCUT2D eigenvalue weighted by atomic mass is 19.2. The number of nitrogens with one attached hydrogen (secondary N) is 2. The first-order valence-electron chi connectivity index (χ1n) is 6.56. The summed E-state index contributed by atoms with van der Waals surface area (Å²) in [7, 11) is 0. The van der Waals surface area contributed by atoms with Crippen LogP contribution in [0.3, 0.4) is 0 Å². The van der Waals surface area contributed by atoms with Gasteiger partial charge in [-0.15, -0.1) is 0 Å². The number of hydrogen-bond acceptors (Lipinski definition) is 2. The Morgan fingerprint density at radius 2 is 1.80 bits per heavy atom. The second-order valence-corrected chi connectivity index (χ2v) is 4.76. The summed E-state index contributed by atoms with van der Waals surface area (Å²) in [6.07, 6.45) is 5.24. The molecule has 1 aromatic rings. The van der Waals surface area contributed by atoms with Gasteiger partial charge in [-0.25, -0.2) is 24.0 Å². The van der Waals surface area contributed by atoms with E-state index in [4.69, 9.17) is 5.84 Å². The molecule has 4 N–H and O–H groups in total. The van der Waals surface area contributed by atoms with Crippen LogP contribution in [0.4, 0.5) is 18.9 Å². The molecule has 0 aliphatic heterocycles. The minimum Gasteiger partial charge on any atom is -0.323 e. The summed E-state index contributed by atoms with van der Waals surface area (Å²) in [4.78, 5) is 4.33. The fourth-order valence-electron chi connectivity index (χ4n) is 2.25. The van der Waals surface area contributed by atoms with Gasteiger partial charge < -0.3 is 5.32 Å². The van der Waals surface area contributed by atoms with Crippen LogP contribution in [-0.2, 0) is 0 Å². The number of hydrazine groups is 1. The number of benzene rings is 1. The zero-order chi connectivity index (χ0) is 14.5. The molecule has 2 rings (SSSR count). The van der Waals surface area contributed by atoms with Crippen molar-refractivity contribution in [2.45, 2.75) is 38.1 Å². The molecule has 4 nitrogen and oxygen atoms in total. The molecule has 0 bridgehead atoms. The van der Waals surface area contributed by atoms with E-state index in [0.29, 0.717) is 0 Å². The van der Waals surface area contributed by atoms with Crippen molar-refractivity contribution < 1.29 is 13.2 Å². The summed E-state index contributed by atoms with van der Waals surface area (Å²) >= 11 is 0. The van der Waals surface area contributed by atoms with Gasteiger partial charge in [-0.05, 0) is 25.0 Å². The van der Waals surface area contributed by atoms with E-state index in [2.05, 4.69) is 15.7 Å². The molecule has 20 heavy (non-hydrogen) atoms. The lowest BCUT2D eigenvalue weighted by molar-refractivity contribution is 0.442. The number of rotatable bonds is 2. The topological polar surface area (TPSA) is 62.4 Å². The maximum atomic E-state index is 13.5. The Labute approximate surface area is 115 Å². The van der Waals surface area contributed by atoms with Crippen molar-refractivity contribution in [2.24, 2.45) is 10.8 Å². The van der Waals surface area contributed by atoms with Gasteiger partial charge in [-0.3, -0.25) is 5.43 Å². The minimum atomic E-state index is -1.52. The lowest BCUT2D eigenvalue weighted by atomic mass is 9.96. The van der Waals surface area contributed by atoms with Crippen molar-refractivity contribution in [1.29, 1.82) is 0 Å². The van der Waals surface area contributed by atoms with Crippen LogP contribution in [0, 0.1) is 17.5 Å². The van der Waals surface area contributed by atoms with Gasteiger partial charge in [0.05, 0.1) is 11.7 Å². The fraction of sp³-hybridized carbons (Fsp3) is 0.462. The predicted octanol–water partition coefficient (Wildman–Crippen LogP) is 2.67. The SMILES string of the molecule is NNC(=NC1CCCCC1)Nc1ccc(F)c(F)c1F. The highest BCUT2D eigenvalue weighted by Crippen LogP contribution is 2.22. The van der Waals surface area contributed by atoms with E-state index < -0.39 is 17.5 Å². The summed E-state index contributed by atoms with van der Waals surface area (Å²) in [6.45, 7) is 0. The third kappa shape index (κ3) is 3.41. The van der Waals surface area contributed by atoms with E-state index in [-0.39, 0.29) is 17.7 Å². The van der Waals surface area contributed by atoms with E-state index >= 15 is 0 Å². The van der Waals surface area contributed by atoms with Crippen LogP contribution in [0.2, 0.25) is 0 Å². The largest absolute Gasteiger partial charge is 0.323 e. The molecule has 1 saturated carbocycles. The highest BCUT2D eigenvalue weighted by Gasteiger charge is 2.16. The van der Waals surface area contributed by atoms with Crippen LogP contribution in [0.5, 0.6) is 0 Å². The van der Waals surface area contributed by atoms with Crippen LogP contribution in [0.15, 0.2) is 17.1 Å². The molecule has 0 unspecified atom stereocenters. The van der Waals surface area contributed by atoms with Crippen LogP contribution in [0.1, 0.15) is 32.1 Å². The molecule has 110 valence electrons. The van der Waals surface area contributed by atoms with Gasteiger partial charge in [0.15, 0.2) is 17.5 Å².